The standard InChI is InChI=1S/C19H18N4O2S2/c1-11-15-18(21-10-23(2)19(15)25)27-16(11)17(24)20-9-5-8-14-22-12-6-3-4-7-13(12)26-14/h3-4,6-7,10H,5,8-9H2,1-2H3,(H,20,24). The zero-order valence-corrected chi connectivity index (χ0v) is 16.6. The Morgan fingerprint density at radius 1 is 1.26 bits per heavy atom. The third kappa shape index (κ3) is 3.38. The number of nitrogens with one attached hydrogen (secondary N) is 1. The van der Waals surface area contributed by atoms with Crippen LogP contribution in [0.1, 0.15) is 26.7 Å². The molecular weight excluding hydrogens is 380 g/mol. The first-order valence-corrected chi connectivity index (χ1v) is 10.3. The molecule has 4 rings (SSSR count). The van der Waals surface area contributed by atoms with Crippen LogP contribution >= 0.6 is 22.7 Å². The maximum Gasteiger partial charge on any atom is 0.262 e. The third-order valence-electron chi connectivity index (χ3n) is 4.41. The Morgan fingerprint density at radius 2 is 2.07 bits per heavy atom. The lowest BCUT2D eigenvalue weighted by molar-refractivity contribution is 0.0957. The molecule has 6 nitrogen and oxygen atoms in total. The van der Waals surface area contributed by atoms with Crippen molar-refractivity contribution in [2.24, 2.45) is 7.05 Å². The van der Waals surface area contributed by atoms with Gasteiger partial charge in [-0.05, 0) is 31.0 Å². The summed E-state index contributed by atoms with van der Waals surface area (Å²) >= 11 is 2.96. The van der Waals surface area contributed by atoms with Gasteiger partial charge in [0.05, 0.1) is 31.8 Å². The lowest BCUT2D eigenvalue weighted by atomic mass is 10.2. The summed E-state index contributed by atoms with van der Waals surface area (Å²) in [7, 11) is 1.66. The van der Waals surface area contributed by atoms with Crippen LogP contribution < -0.4 is 10.9 Å². The van der Waals surface area contributed by atoms with E-state index in [1.54, 1.807) is 25.3 Å². The molecule has 3 aromatic heterocycles. The van der Waals surface area contributed by atoms with Crippen LogP contribution in [-0.2, 0) is 13.5 Å². The van der Waals surface area contributed by atoms with Gasteiger partial charge in [-0.15, -0.1) is 22.7 Å². The van der Waals surface area contributed by atoms with E-state index >= 15 is 0 Å². The van der Waals surface area contributed by atoms with Crippen molar-refractivity contribution >= 4 is 49.0 Å². The number of hydrogen-bond acceptors (Lipinski definition) is 6. The molecule has 0 aliphatic rings. The topological polar surface area (TPSA) is 76.9 Å². The molecule has 0 bridgehead atoms. The van der Waals surface area contributed by atoms with Gasteiger partial charge in [0.25, 0.3) is 11.5 Å². The number of thiazole rings is 1. The molecule has 27 heavy (non-hydrogen) atoms. The minimum Gasteiger partial charge on any atom is -0.351 e. The number of thiophene rings is 1. The maximum absolute atomic E-state index is 12.5. The largest absolute Gasteiger partial charge is 0.351 e. The molecule has 0 fully saturated rings. The highest BCUT2D eigenvalue weighted by Gasteiger charge is 2.18. The van der Waals surface area contributed by atoms with Crippen molar-refractivity contribution in [3.8, 4) is 0 Å². The number of benzene rings is 1. The highest BCUT2D eigenvalue weighted by molar-refractivity contribution is 7.20. The van der Waals surface area contributed by atoms with Crippen LogP contribution in [0.2, 0.25) is 0 Å². The number of amides is 1. The average Bonchev–Trinajstić information content (AvgIpc) is 3.22. The molecule has 4 aromatic rings. The third-order valence-corrected chi connectivity index (χ3v) is 6.70. The molecule has 1 N–H and O–H groups in total. The van der Waals surface area contributed by atoms with Crippen molar-refractivity contribution in [2.45, 2.75) is 19.8 Å². The Balaban J connectivity index is 1.41. The van der Waals surface area contributed by atoms with Crippen molar-refractivity contribution in [1.29, 1.82) is 0 Å². The van der Waals surface area contributed by atoms with E-state index in [0.29, 0.717) is 27.2 Å². The highest BCUT2D eigenvalue weighted by Crippen LogP contribution is 2.26. The number of carbonyl (C=O) groups is 1. The summed E-state index contributed by atoms with van der Waals surface area (Å²) < 4.78 is 2.62. The number of hydrogen-bond donors (Lipinski definition) is 1. The molecule has 3 heterocycles. The predicted octanol–water partition coefficient (Wildman–Crippen LogP) is 3.28. The van der Waals surface area contributed by atoms with Gasteiger partial charge in [-0.2, -0.15) is 0 Å². The SMILES string of the molecule is Cc1c(C(=O)NCCCc2nc3ccccc3s2)sc2ncn(C)c(=O)c12. The Labute approximate surface area is 163 Å². The molecule has 1 aromatic carbocycles. The van der Waals surface area contributed by atoms with E-state index < -0.39 is 0 Å². The summed E-state index contributed by atoms with van der Waals surface area (Å²) in [6.07, 6.45) is 3.13. The molecular formula is C19H18N4O2S2. The van der Waals surface area contributed by atoms with Gasteiger partial charge in [0, 0.05) is 20.0 Å². The van der Waals surface area contributed by atoms with Crippen molar-refractivity contribution in [2.75, 3.05) is 6.54 Å². The Morgan fingerprint density at radius 3 is 2.89 bits per heavy atom. The summed E-state index contributed by atoms with van der Waals surface area (Å²) in [6, 6.07) is 8.09. The normalized spacial score (nSPS) is 11.3. The minimum absolute atomic E-state index is 0.122. The predicted molar refractivity (Wildman–Crippen MR) is 110 cm³/mol. The first kappa shape index (κ1) is 17.8. The lowest BCUT2D eigenvalue weighted by Gasteiger charge is -2.03. The Kier molecular flexibility index (Phi) is 4.75. The van der Waals surface area contributed by atoms with E-state index in [2.05, 4.69) is 21.4 Å². The van der Waals surface area contributed by atoms with Crippen LogP contribution in [0.15, 0.2) is 35.4 Å². The van der Waals surface area contributed by atoms with Crippen LogP contribution in [0.5, 0.6) is 0 Å². The summed E-state index contributed by atoms with van der Waals surface area (Å²) in [5.74, 6) is -0.151. The summed E-state index contributed by atoms with van der Waals surface area (Å²) in [5.41, 5.74) is 1.60. The van der Waals surface area contributed by atoms with Crippen molar-refractivity contribution in [3.05, 3.63) is 56.4 Å². The number of carbonyl (C=O) groups excluding carboxylic acids is 1. The fourth-order valence-corrected chi connectivity index (χ4v) is 5.04. The minimum atomic E-state index is -0.151. The van der Waals surface area contributed by atoms with Gasteiger partial charge in [0.2, 0.25) is 0 Å². The molecule has 0 radical (unpaired) electrons. The molecule has 8 heteroatoms. The molecule has 0 unspecified atom stereocenters. The second kappa shape index (κ2) is 7.21. The van der Waals surface area contributed by atoms with Gasteiger partial charge in [0.1, 0.15) is 4.83 Å². The first-order chi connectivity index (χ1) is 13.0. The van der Waals surface area contributed by atoms with E-state index in [9.17, 15) is 9.59 Å². The molecule has 1 amide bonds. The van der Waals surface area contributed by atoms with Crippen LogP contribution in [-0.4, -0.2) is 27.0 Å². The Bertz CT molecular complexity index is 1170. The second-order valence-corrected chi connectivity index (χ2v) is 8.45. The number of aromatic nitrogens is 3. The first-order valence-electron chi connectivity index (χ1n) is 8.62. The molecule has 0 aliphatic carbocycles. The number of rotatable bonds is 5. The highest BCUT2D eigenvalue weighted by atomic mass is 32.1. The summed E-state index contributed by atoms with van der Waals surface area (Å²) in [4.78, 5) is 34.8. The van der Waals surface area contributed by atoms with Crippen LogP contribution in [0.25, 0.3) is 20.4 Å². The Hall–Kier alpha value is -2.58. The average molecular weight is 399 g/mol. The maximum atomic E-state index is 12.5. The van der Waals surface area contributed by atoms with E-state index in [1.807, 2.05) is 18.2 Å². The van der Waals surface area contributed by atoms with E-state index in [-0.39, 0.29) is 11.5 Å². The number of fused-ring (bicyclic) bond motifs is 2. The lowest BCUT2D eigenvalue weighted by Crippen LogP contribution is -2.24. The van der Waals surface area contributed by atoms with Crippen molar-refractivity contribution < 1.29 is 4.79 Å². The number of para-hydroxylation sites is 1. The van der Waals surface area contributed by atoms with Crippen molar-refractivity contribution in [1.82, 2.24) is 19.9 Å². The fourth-order valence-electron chi connectivity index (χ4n) is 2.97. The monoisotopic (exact) mass is 398 g/mol. The van der Waals surface area contributed by atoms with E-state index in [0.717, 1.165) is 23.4 Å². The molecule has 0 saturated carbocycles. The van der Waals surface area contributed by atoms with Crippen molar-refractivity contribution in [3.63, 3.8) is 0 Å². The number of aryl methyl sites for hydroxylation is 3. The van der Waals surface area contributed by atoms with Gasteiger partial charge in [-0.1, -0.05) is 12.1 Å². The van der Waals surface area contributed by atoms with Gasteiger partial charge in [0.15, 0.2) is 0 Å². The zero-order valence-electron chi connectivity index (χ0n) is 15.0. The van der Waals surface area contributed by atoms with E-state index in [1.165, 1.54) is 26.9 Å². The van der Waals surface area contributed by atoms with Crippen LogP contribution in [0.3, 0.4) is 0 Å². The molecule has 0 saturated heterocycles. The van der Waals surface area contributed by atoms with Gasteiger partial charge < -0.3 is 9.88 Å². The molecule has 0 aliphatic heterocycles. The summed E-state index contributed by atoms with van der Waals surface area (Å²) in [5, 5.41) is 4.56. The van der Waals surface area contributed by atoms with Gasteiger partial charge >= 0.3 is 0 Å². The molecule has 138 valence electrons. The second-order valence-electron chi connectivity index (χ2n) is 6.33. The van der Waals surface area contributed by atoms with Gasteiger partial charge in [-0.25, -0.2) is 9.97 Å². The smallest absolute Gasteiger partial charge is 0.262 e. The van der Waals surface area contributed by atoms with Crippen LogP contribution in [0, 0.1) is 6.92 Å². The summed E-state index contributed by atoms with van der Waals surface area (Å²) in [6.45, 7) is 2.37. The van der Waals surface area contributed by atoms with Gasteiger partial charge in [-0.3, -0.25) is 9.59 Å². The number of nitrogens with zero attached hydrogens (tertiary/aromatic N) is 3. The van der Waals surface area contributed by atoms with E-state index in [4.69, 9.17) is 0 Å². The quantitative estimate of drug-likeness (QED) is 0.524. The molecule has 0 spiro atoms. The zero-order chi connectivity index (χ0) is 19.0. The fraction of sp³-hybridized carbons (Fsp3) is 0.263. The van der Waals surface area contributed by atoms with Crippen LogP contribution in [0.4, 0.5) is 0 Å². The molecule has 0 atom stereocenters.